The zero-order valence-corrected chi connectivity index (χ0v) is 19.7. The van der Waals surface area contributed by atoms with E-state index in [-0.39, 0.29) is 11.7 Å². The van der Waals surface area contributed by atoms with Crippen LogP contribution in [0.5, 0.6) is 0 Å². The fraction of sp³-hybridized carbons (Fsp3) is 0.320. The first kappa shape index (κ1) is 22.1. The number of hydrogen-bond acceptors (Lipinski definition) is 6. The Balaban J connectivity index is 1.31. The largest absolute Gasteiger partial charge is 0.368 e. The number of benzene rings is 2. The predicted molar refractivity (Wildman–Crippen MR) is 133 cm³/mol. The molecule has 0 unspecified atom stereocenters. The van der Waals surface area contributed by atoms with Crippen LogP contribution in [0.3, 0.4) is 0 Å². The zero-order valence-electron chi connectivity index (χ0n) is 18.8. The lowest BCUT2D eigenvalue weighted by Gasteiger charge is -2.37. The molecule has 4 rings (SSSR count). The van der Waals surface area contributed by atoms with Crippen LogP contribution in [0.1, 0.15) is 16.7 Å². The number of thioether (sulfide) groups is 1. The Morgan fingerprint density at radius 3 is 2.38 bits per heavy atom. The van der Waals surface area contributed by atoms with E-state index in [1.807, 2.05) is 37.3 Å². The second-order valence-electron chi connectivity index (χ2n) is 8.16. The van der Waals surface area contributed by atoms with Crippen LogP contribution in [0.2, 0.25) is 0 Å². The summed E-state index contributed by atoms with van der Waals surface area (Å²) in [7, 11) is 0. The number of rotatable bonds is 6. The maximum absolute atomic E-state index is 12.3. The second kappa shape index (κ2) is 10.0. The highest BCUT2D eigenvalue weighted by Crippen LogP contribution is 2.25. The number of nitrogens with one attached hydrogen (secondary N) is 1. The summed E-state index contributed by atoms with van der Waals surface area (Å²) in [5.74, 6) is 1.13. The van der Waals surface area contributed by atoms with Gasteiger partial charge in [0.1, 0.15) is 5.82 Å². The van der Waals surface area contributed by atoms with Crippen molar-refractivity contribution in [3.05, 3.63) is 71.4 Å². The summed E-state index contributed by atoms with van der Waals surface area (Å²) in [5.41, 5.74) is 5.89. The van der Waals surface area contributed by atoms with Crippen molar-refractivity contribution in [2.75, 3.05) is 47.0 Å². The maximum Gasteiger partial charge on any atom is 0.234 e. The molecule has 1 N–H and O–H groups in total. The number of carbonyl (C=O) groups is 1. The van der Waals surface area contributed by atoms with Gasteiger partial charge >= 0.3 is 0 Å². The molecule has 0 aliphatic carbocycles. The molecule has 2 aromatic carbocycles. The average Bonchev–Trinajstić information content (AvgIpc) is 2.81. The highest BCUT2D eigenvalue weighted by molar-refractivity contribution is 7.99. The third-order valence-corrected chi connectivity index (χ3v) is 6.46. The van der Waals surface area contributed by atoms with Crippen LogP contribution in [-0.4, -0.2) is 47.8 Å². The predicted octanol–water partition coefficient (Wildman–Crippen LogP) is 4.46. The van der Waals surface area contributed by atoms with Gasteiger partial charge in [-0.3, -0.25) is 4.79 Å². The highest BCUT2D eigenvalue weighted by Gasteiger charge is 2.20. The lowest BCUT2D eigenvalue weighted by atomic mass is 10.1. The van der Waals surface area contributed by atoms with Gasteiger partial charge < -0.3 is 15.1 Å². The summed E-state index contributed by atoms with van der Waals surface area (Å²) < 4.78 is 0. The number of nitrogens with zero attached hydrogens (tertiary/aromatic N) is 4. The summed E-state index contributed by atoms with van der Waals surface area (Å²) in [6.45, 7) is 10.1. The van der Waals surface area contributed by atoms with E-state index in [0.717, 1.165) is 43.2 Å². The van der Waals surface area contributed by atoms with E-state index < -0.39 is 0 Å². The summed E-state index contributed by atoms with van der Waals surface area (Å²) in [5, 5.41) is 3.54. The number of amides is 1. The minimum absolute atomic E-state index is 0.0602. The normalized spacial score (nSPS) is 13.8. The van der Waals surface area contributed by atoms with Crippen molar-refractivity contribution in [1.82, 2.24) is 9.97 Å². The number of piperazine rings is 1. The van der Waals surface area contributed by atoms with Crippen LogP contribution in [0.25, 0.3) is 0 Å². The van der Waals surface area contributed by atoms with E-state index >= 15 is 0 Å². The third kappa shape index (κ3) is 5.59. The number of hydrogen-bond donors (Lipinski definition) is 1. The van der Waals surface area contributed by atoms with Gasteiger partial charge in [-0.05, 0) is 56.2 Å². The molecular weight excluding hydrogens is 418 g/mol. The first-order valence-corrected chi connectivity index (χ1v) is 11.9. The van der Waals surface area contributed by atoms with Crippen LogP contribution in [0, 0.1) is 20.8 Å². The van der Waals surface area contributed by atoms with Crippen molar-refractivity contribution in [1.29, 1.82) is 0 Å². The van der Waals surface area contributed by atoms with Gasteiger partial charge in [-0.1, -0.05) is 41.6 Å². The van der Waals surface area contributed by atoms with Gasteiger partial charge in [-0.25, -0.2) is 9.97 Å². The molecule has 166 valence electrons. The molecule has 6 nitrogen and oxygen atoms in total. The van der Waals surface area contributed by atoms with Gasteiger partial charge in [0.25, 0.3) is 0 Å². The SMILES string of the molecule is Cc1ccc(NC(=O)CSc2nccc(N3CCN(c4cc(C)ccc4C)CC3)n2)cc1. The minimum atomic E-state index is -0.0602. The first-order chi connectivity index (χ1) is 15.5. The molecule has 0 spiro atoms. The van der Waals surface area contributed by atoms with Crippen LogP contribution < -0.4 is 15.1 Å². The fourth-order valence-electron chi connectivity index (χ4n) is 3.78. The molecule has 0 radical (unpaired) electrons. The lowest BCUT2D eigenvalue weighted by molar-refractivity contribution is -0.113. The van der Waals surface area contributed by atoms with Gasteiger partial charge in [-0.15, -0.1) is 0 Å². The van der Waals surface area contributed by atoms with Crippen molar-refractivity contribution in [2.24, 2.45) is 0 Å². The summed E-state index contributed by atoms with van der Waals surface area (Å²) in [6, 6.07) is 16.4. The van der Waals surface area contributed by atoms with Crippen LogP contribution in [0.15, 0.2) is 59.9 Å². The molecule has 1 aromatic heterocycles. The number of aromatic nitrogens is 2. The Morgan fingerprint density at radius 1 is 0.938 bits per heavy atom. The molecular formula is C25H29N5OS. The van der Waals surface area contributed by atoms with E-state index in [4.69, 9.17) is 4.98 Å². The van der Waals surface area contributed by atoms with Crippen molar-refractivity contribution in [3.63, 3.8) is 0 Å². The van der Waals surface area contributed by atoms with E-state index in [0.29, 0.717) is 5.16 Å². The summed E-state index contributed by atoms with van der Waals surface area (Å²) in [6.07, 6.45) is 1.78. The van der Waals surface area contributed by atoms with Gasteiger partial charge in [0.05, 0.1) is 5.75 Å². The monoisotopic (exact) mass is 447 g/mol. The number of aryl methyl sites for hydroxylation is 3. The number of anilines is 3. The first-order valence-electron chi connectivity index (χ1n) is 10.9. The van der Waals surface area contributed by atoms with Crippen molar-refractivity contribution < 1.29 is 4.79 Å². The van der Waals surface area contributed by atoms with Gasteiger partial charge in [0, 0.05) is 43.8 Å². The molecule has 3 aromatic rings. The van der Waals surface area contributed by atoms with E-state index in [1.165, 1.54) is 28.6 Å². The van der Waals surface area contributed by atoms with Crippen molar-refractivity contribution >= 4 is 34.9 Å². The molecule has 32 heavy (non-hydrogen) atoms. The lowest BCUT2D eigenvalue weighted by Crippen LogP contribution is -2.47. The van der Waals surface area contributed by atoms with Crippen molar-refractivity contribution in [3.8, 4) is 0 Å². The Kier molecular flexibility index (Phi) is 6.95. The Morgan fingerprint density at radius 2 is 1.62 bits per heavy atom. The van der Waals surface area contributed by atoms with Crippen LogP contribution >= 0.6 is 11.8 Å². The maximum atomic E-state index is 12.3. The second-order valence-corrected chi connectivity index (χ2v) is 9.11. The molecule has 1 aliphatic rings. The third-order valence-electron chi connectivity index (χ3n) is 5.60. The molecule has 1 saturated heterocycles. The average molecular weight is 448 g/mol. The molecule has 1 aliphatic heterocycles. The molecule has 1 fully saturated rings. The summed E-state index contributed by atoms with van der Waals surface area (Å²) >= 11 is 1.36. The Hall–Kier alpha value is -3.06. The molecule has 0 bridgehead atoms. The quantitative estimate of drug-likeness (QED) is 0.445. The Bertz CT molecular complexity index is 1080. The molecule has 0 saturated carbocycles. The van der Waals surface area contributed by atoms with E-state index in [9.17, 15) is 4.79 Å². The molecule has 7 heteroatoms. The topological polar surface area (TPSA) is 61.4 Å². The zero-order chi connectivity index (χ0) is 22.5. The molecule has 1 amide bonds. The highest BCUT2D eigenvalue weighted by atomic mass is 32.2. The van der Waals surface area contributed by atoms with Crippen LogP contribution in [-0.2, 0) is 4.79 Å². The van der Waals surface area contributed by atoms with Crippen LogP contribution in [0.4, 0.5) is 17.2 Å². The van der Waals surface area contributed by atoms with Crippen molar-refractivity contribution in [2.45, 2.75) is 25.9 Å². The smallest absolute Gasteiger partial charge is 0.234 e. The summed E-state index contributed by atoms with van der Waals surface area (Å²) in [4.78, 5) is 26.1. The van der Waals surface area contributed by atoms with E-state index in [2.05, 4.69) is 52.1 Å². The Labute approximate surface area is 194 Å². The van der Waals surface area contributed by atoms with Gasteiger partial charge in [0.2, 0.25) is 5.91 Å². The number of carbonyl (C=O) groups excluding carboxylic acids is 1. The fourth-order valence-corrected chi connectivity index (χ4v) is 4.40. The standard InChI is InChI=1S/C25H29N5OS/c1-18-5-8-21(9-6-18)27-24(31)17-32-25-26-11-10-23(28-25)30-14-12-29(13-15-30)22-16-19(2)4-7-20(22)3/h4-11,16H,12-15,17H2,1-3H3,(H,27,31). The minimum Gasteiger partial charge on any atom is -0.368 e. The molecule has 0 atom stereocenters. The van der Waals surface area contributed by atoms with Gasteiger partial charge in [0.15, 0.2) is 5.16 Å². The molecule has 2 heterocycles. The van der Waals surface area contributed by atoms with Gasteiger partial charge in [-0.2, -0.15) is 0 Å². The van der Waals surface area contributed by atoms with E-state index in [1.54, 1.807) is 6.20 Å².